The van der Waals surface area contributed by atoms with Gasteiger partial charge in [-0.3, -0.25) is 10.1 Å². The van der Waals surface area contributed by atoms with Crippen molar-refractivity contribution in [2.75, 3.05) is 0 Å². The summed E-state index contributed by atoms with van der Waals surface area (Å²) in [6.45, 7) is 3.42. The van der Waals surface area contributed by atoms with E-state index < -0.39 is 10.9 Å². The Morgan fingerprint density at radius 3 is 2.29 bits per heavy atom. The zero-order valence-corrected chi connectivity index (χ0v) is 12.3. The monoisotopic (exact) mass is 303 g/mol. The lowest BCUT2D eigenvalue weighted by molar-refractivity contribution is -0.385. The summed E-state index contributed by atoms with van der Waals surface area (Å²) < 4.78 is 0. The minimum atomic E-state index is -0.963. The fourth-order valence-corrected chi connectivity index (χ4v) is 2.88. The number of nitro groups is 1. The molecule has 0 fully saturated rings. The average molecular weight is 303 g/mol. The Bertz CT molecular complexity index is 728. The van der Waals surface area contributed by atoms with Crippen molar-refractivity contribution in [3.63, 3.8) is 0 Å². The predicted octanol–water partition coefficient (Wildman–Crippen LogP) is 4.06. The van der Waals surface area contributed by atoms with Crippen LogP contribution in [0.3, 0.4) is 0 Å². The molecule has 0 amide bonds. The molecule has 2 aromatic rings. The highest BCUT2D eigenvalue weighted by Gasteiger charge is 2.12. The van der Waals surface area contributed by atoms with Gasteiger partial charge in [-0.2, -0.15) is 0 Å². The van der Waals surface area contributed by atoms with Crippen molar-refractivity contribution in [1.82, 2.24) is 0 Å². The highest BCUT2D eigenvalue weighted by Crippen LogP contribution is 2.32. The molecular weight excluding hydrogens is 290 g/mol. The second-order valence-electron chi connectivity index (χ2n) is 4.59. The van der Waals surface area contributed by atoms with Crippen LogP contribution in [-0.4, -0.2) is 16.0 Å². The Kier molecular flexibility index (Phi) is 4.28. The van der Waals surface area contributed by atoms with Crippen molar-refractivity contribution >= 4 is 23.4 Å². The van der Waals surface area contributed by atoms with Gasteiger partial charge in [0.2, 0.25) is 0 Å². The van der Waals surface area contributed by atoms with Crippen molar-refractivity contribution in [2.45, 2.75) is 23.6 Å². The third-order valence-electron chi connectivity index (χ3n) is 3.04. The molecule has 0 saturated heterocycles. The van der Waals surface area contributed by atoms with Crippen LogP contribution in [0.1, 0.15) is 21.5 Å². The van der Waals surface area contributed by atoms with Crippen LogP contribution < -0.4 is 0 Å². The van der Waals surface area contributed by atoms with E-state index >= 15 is 0 Å². The summed E-state index contributed by atoms with van der Waals surface area (Å²) in [6.07, 6.45) is 0. The van der Waals surface area contributed by atoms with Gasteiger partial charge in [0, 0.05) is 21.4 Å². The number of hydrogen-bond acceptors (Lipinski definition) is 4. The minimum absolute atomic E-state index is 0.0782. The normalized spacial score (nSPS) is 10.4. The summed E-state index contributed by atoms with van der Waals surface area (Å²) in [5, 5.41) is 19.9. The maximum absolute atomic E-state index is 11.1. The molecule has 0 spiro atoms. The zero-order valence-electron chi connectivity index (χ0n) is 11.5. The molecule has 0 aliphatic heterocycles. The van der Waals surface area contributed by atoms with E-state index in [1.165, 1.54) is 17.8 Å². The molecular formula is C15H13NO4S. The van der Waals surface area contributed by atoms with Gasteiger partial charge >= 0.3 is 5.97 Å². The summed E-state index contributed by atoms with van der Waals surface area (Å²) in [5.74, 6) is -0.963. The Balaban J connectivity index is 2.30. The Morgan fingerprint density at radius 2 is 1.71 bits per heavy atom. The van der Waals surface area contributed by atoms with E-state index in [0.717, 1.165) is 9.79 Å². The van der Waals surface area contributed by atoms with E-state index in [1.807, 2.05) is 6.07 Å². The second kappa shape index (κ2) is 5.97. The SMILES string of the molecule is Cc1ccc(Sc2ccc([N+](=O)[O-])c(C)c2)cc1C(=O)O. The van der Waals surface area contributed by atoms with Crippen LogP contribution >= 0.6 is 11.8 Å². The molecule has 2 aromatic carbocycles. The molecule has 0 unspecified atom stereocenters. The number of carboxylic acid groups (broad SMARTS) is 1. The quantitative estimate of drug-likeness (QED) is 0.680. The Hall–Kier alpha value is -2.34. The molecule has 2 rings (SSSR count). The highest BCUT2D eigenvalue weighted by atomic mass is 32.2. The summed E-state index contributed by atoms with van der Waals surface area (Å²) in [6, 6.07) is 10.1. The van der Waals surface area contributed by atoms with E-state index in [0.29, 0.717) is 11.1 Å². The van der Waals surface area contributed by atoms with Crippen LogP contribution in [0.2, 0.25) is 0 Å². The molecule has 108 valence electrons. The van der Waals surface area contributed by atoms with E-state index in [1.54, 1.807) is 38.1 Å². The Morgan fingerprint density at radius 1 is 1.10 bits per heavy atom. The molecule has 1 N–H and O–H groups in total. The molecule has 0 saturated carbocycles. The summed E-state index contributed by atoms with van der Waals surface area (Å²) >= 11 is 1.38. The first-order chi connectivity index (χ1) is 9.88. The molecule has 0 aromatic heterocycles. The van der Waals surface area contributed by atoms with Gasteiger partial charge in [0.25, 0.3) is 5.69 Å². The first kappa shape index (κ1) is 15.1. The van der Waals surface area contributed by atoms with Gasteiger partial charge in [-0.25, -0.2) is 4.79 Å². The number of rotatable bonds is 4. The molecule has 0 heterocycles. The van der Waals surface area contributed by atoms with Crippen LogP contribution in [-0.2, 0) is 0 Å². The molecule has 0 radical (unpaired) electrons. The van der Waals surface area contributed by atoms with E-state index in [2.05, 4.69) is 0 Å². The molecule has 6 heteroatoms. The number of aryl methyl sites for hydroxylation is 2. The van der Waals surface area contributed by atoms with Crippen molar-refractivity contribution in [3.05, 3.63) is 63.2 Å². The molecule has 0 bridgehead atoms. The zero-order chi connectivity index (χ0) is 15.6. The van der Waals surface area contributed by atoms with Gasteiger partial charge < -0.3 is 5.11 Å². The average Bonchev–Trinajstić information content (AvgIpc) is 2.40. The van der Waals surface area contributed by atoms with Gasteiger partial charge in [0.05, 0.1) is 10.5 Å². The second-order valence-corrected chi connectivity index (χ2v) is 5.74. The number of aromatic carboxylic acids is 1. The van der Waals surface area contributed by atoms with Gasteiger partial charge in [-0.15, -0.1) is 0 Å². The largest absolute Gasteiger partial charge is 0.478 e. The van der Waals surface area contributed by atoms with Crippen molar-refractivity contribution < 1.29 is 14.8 Å². The number of hydrogen-bond donors (Lipinski definition) is 1. The van der Waals surface area contributed by atoms with Gasteiger partial charge in [0.1, 0.15) is 0 Å². The van der Waals surface area contributed by atoms with Crippen LogP contribution in [0, 0.1) is 24.0 Å². The molecule has 0 aliphatic carbocycles. The molecule has 21 heavy (non-hydrogen) atoms. The van der Waals surface area contributed by atoms with Crippen LogP contribution in [0.5, 0.6) is 0 Å². The third-order valence-corrected chi connectivity index (χ3v) is 4.02. The molecule has 5 nitrogen and oxygen atoms in total. The first-order valence-corrected chi connectivity index (χ1v) is 6.97. The summed E-state index contributed by atoms with van der Waals surface area (Å²) in [5.41, 5.74) is 1.62. The standard InChI is InChI=1S/C15H13NO4S/c1-9-3-4-12(8-13(9)15(17)18)21-11-5-6-14(16(19)20)10(2)7-11/h3-8H,1-2H3,(H,17,18). The molecule has 0 atom stereocenters. The summed E-state index contributed by atoms with van der Waals surface area (Å²) in [4.78, 5) is 23.1. The van der Waals surface area contributed by atoms with Gasteiger partial charge in [-0.1, -0.05) is 17.8 Å². The smallest absolute Gasteiger partial charge is 0.335 e. The van der Waals surface area contributed by atoms with E-state index in [-0.39, 0.29) is 11.3 Å². The van der Waals surface area contributed by atoms with Gasteiger partial charge in [0.15, 0.2) is 0 Å². The number of nitro benzene ring substituents is 1. The fraction of sp³-hybridized carbons (Fsp3) is 0.133. The van der Waals surface area contributed by atoms with Crippen molar-refractivity contribution in [2.24, 2.45) is 0 Å². The third kappa shape index (κ3) is 3.41. The lowest BCUT2D eigenvalue weighted by Crippen LogP contribution is -1.99. The van der Waals surface area contributed by atoms with Crippen LogP contribution in [0.4, 0.5) is 5.69 Å². The first-order valence-electron chi connectivity index (χ1n) is 6.15. The number of carbonyl (C=O) groups is 1. The Labute approximate surface area is 125 Å². The van der Waals surface area contributed by atoms with Gasteiger partial charge in [-0.05, 0) is 43.7 Å². The van der Waals surface area contributed by atoms with E-state index in [4.69, 9.17) is 5.11 Å². The van der Waals surface area contributed by atoms with Crippen molar-refractivity contribution in [1.29, 1.82) is 0 Å². The number of benzene rings is 2. The van der Waals surface area contributed by atoms with Crippen LogP contribution in [0.15, 0.2) is 46.2 Å². The fourth-order valence-electron chi connectivity index (χ4n) is 1.93. The van der Waals surface area contributed by atoms with Crippen molar-refractivity contribution in [3.8, 4) is 0 Å². The number of nitrogens with zero attached hydrogens (tertiary/aromatic N) is 1. The highest BCUT2D eigenvalue weighted by molar-refractivity contribution is 7.99. The summed E-state index contributed by atoms with van der Waals surface area (Å²) in [7, 11) is 0. The van der Waals surface area contributed by atoms with E-state index in [9.17, 15) is 14.9 Å². The maximum atomic E-state index is 11.1. The lowest BCUT2D eigenvalue weighted by atomic mass is 10.1. The van der Waals surface area contributed by atoms with Crippen LogP contribution in [0.25, 0.3) is 0 Å². The maximum Gasteiger partial charge on any atom is 0.335 e. The number of carboxylic acids is 1. The lowest BCUT2D eigenvalue weighted by Gasteiger charge is -2.06. The minimum Gasteiger partial charge on any atom is -0.478 e. The molecule has 0 aliphatic rings. The topological polar surface area (TPSA) is 80.4 Å². The predicted molar refractivity (Wildman–Crippen MR) is 80.1 cm³/mol.